The molecule has 4 aromatic rings. The van der Waals surface area contributed by atoms with Crippen molar-refractivity contribution in [2.75, 3.05) is 18.4 Å². The molecule has 0 aliphatic carbocycles. The van der Waals surface area contributed by atoms with Gasteiger partial charge in [-0.3, -0.25) is 9.20 Å². The maximum atomic E-state index is 12.9. The molecule has 1 amide bonds. The Balaban J connectivity index is 1.54. The minimum Gasteiger partial charge on any atom is -0.322 e. The summed E-state index contributed by atoms with van der Waals surface area (Å²) in [6.45, 7) is 4.13. The van der Waals surface area contributed by atoms with Gasteiger partial charge in [0.15, 0.2) is 4.96 Å². The number of imidazole rings is 1. The van der Waals surface area contributed by atoms with E-state index in [1.54, 1.807) is 37.3 Å². The van der Waals surface area contributed by atoms with Gasteiger partial charge in [-0.15, -0.1) is 11.3 Å². The Morgan fingerprint density at radius 2 is 1.88 bits per heavy atom. The second kappa shape index (κ2) is 9.03. The molecule has 0 spiro atoms. The van der Waals surface area contributed by atoms with Gasteiger partial charge < -0.3 is 5.32 Å². The zero-order chi connectivity index (χ0) is 22.9. The lowest BCUT2D eigenvalue weighted by Crippen LogP contribution is -2.31. The number of nitrogens with one attached hydrogen (secondary N) is 1. The van der Waals surface area contributed by atoms with Gasteiger partial charge in [-0.2, -0.15) is 4.31 Å². The fraction of sp³-hybridized carbons (Fsp3) is 0.182. The number of nitrogens with zero attached hydrogens (tertiary/aromatic N) is 3. The van der Waals surface area contributed by atoms with Gasteiger partial charge in [-0.05, 0) is 30.3 Å². The number of benzene rings is 2. The van der Waals surface area contributed by atoms with Gasteiger partial charge in [0.1, 0.15) is 4.90 Å². The highest BCUT2D eigenvalue weighted by Crippen LogP contribution is 2.27. The van der Waals surface area contributed by atoms with Gasteiger partial charge in [-0.25, -0.2) is 13.4 Å². The van der Waals surface area contributed by atoms with Crippen molar-refractivity contribution < 1.29 is 13.2 Å². The zero-order valence-corrected chi connectivity index (χ0v) is 19.8. The quantitative estimate of drug-likeness (QED) is 0.397. The van der Waals surface area contributed by atoms with E-state index in [4.69, 9.17) is 11.6 Å². The van der Waals surface area contributed by atoms with E-state index in [9.17, 15) is 13.2 Å². The van der Waals surface area contributed by atoms with Crippen LogP contribution >= 0.6 is 22.9 Å². The minimum absolute atomic E-state index is 0.0781. The number of halogens is 1. The summed E-state index contributed by atoms with van der Waals surface area (Å²) >= 11 is 7.72. The van der Waals surface area contributed by atoms with Crippen molar-refractivity contribution in [2.24, 2.45) is 0 Å². The molecule has 4 rings (SSSR count). The average molecular weight is 489 g/mol. The van der Waals surface area contributed by atoms with Crippen molar-refractivity contribution in [1.82, 2.24) is 13.7 Å². The lowest BCUT2D eigenvalue weighted by molar-refractivity contribution is 0.102. The summed E-state index contributed by atoms with van der Waals surface area (Å²) < 4.78 is 29.0. The molecule has 32 heavy (non-hydrogen) atoms. The monoisotopic (exact) mass is 488 g/mol. The van der Waals surface area contributed by atoms with E-state index in [2.05, 4.69) is 10.3 Å². The van der Waals surface area contributed by atoms with E-state index >= 15 is 0 Å². The van der Waals surface area contributed by atoms with Crippen molar-refractivity contribution in [1.29, 1.82) is 0 Å². The molecule has 10 heteroatoms. The maximum Gasteiger partial charge on any atom is 0.255 e. The third-order valence-electron chi connectivity index (χ3n) is 5.05. The van der Waals surface area contributed by atoms with Crippen LogP contribution in [0.2, 0.25) is 5.02 Å². The highest BCUT2D eigenvalue weighted by atomic mass is 35.5. The third-order valence-corrected chi connectivity index (χ3v) is 8.35. The molecule has 166 valence electrons. The summed E-state index contributed by atoms with van der Waals surface area (Å²) in [5, 5.41) is 4.85. The molecule has 2 heterocycles. The second-order valence-corrected chi connectivity index (χ2v) is 10.2. The normalized spacial score (nSPS) is 11.9. The van der Waals surface area contributed by atoms with Crippen LogP contribution in [-0.2, 0) is 10.0 Å². The highest BCUT2D eigenvalue weighted by molar-refractivity contribution is 7.89. The van der Waals surface area contributed by atoms with Crippen LogP contribution in [0.1, 0.15) is 24.2 Å². The number of carbonyl (C=O) groups excluding carboxylic acids is 1. The summed E-state index contributed by atoms with van der Waals surface area (Å²) in [7, 11) is -3.79. The van der Waals surface area contributed by atoms with E-state index < -0.39 is 15.9 Å². The number of sulfonamides is 1. The molecular weight excluding hydrogens is 468 g/mol. The summed E-state index contributed by atoms with van der Waals surface area (Å²) in [4.78, 5) is 18.2. The number of aromatic nitrogens is 2. The molecule has 0 aliphatic rings. The van der Waals surface area contributed by atoms with Crippen molar-refractivity contribution >= 4 is 49.5 Å². The first-order valence-electron chi connectivity index (χ1n) is 9.97. The lowest BCUT2D eigenvalue weighted by Gasteiger charge is -2.19. The van der Waals surface area contributed by atoms with Crippen LogP contribution in [0.3, 0.4) is 0 Å². The predicted molar refractivity (Wildman–Crippen MR) is 128 cm³/mol. The van der Waals surface area contributed by atoms with Crippen molar-refractivity contribution in [2.45, 2.75) is 18.7 Å². The van der Waals surface area contributed by atoms with E-state index in [1.165, 1.54) is 22.5 Å². The molecule has 0 saturated carbocycles. The molecule has 2 aromatic carbocycles. The molecule has 1 N–H and O–H groups in total. The molecule has 0 atom stereocenters. The molecule has 0 radical (unpaired) electrons. The largest absolute Gasteiger partial charge is 0.322 e. The molecular formula is C22H21ClN4O3S2. The van der Waals surface area contributed by atoms with Gasteiger partial charge in [0.2, 0.25) is 10.0 Å². The van der Waals surface area contributed by atoms with Crippen LogP contribution in [0.4, 0.5) is 5.69 Å². The molecule has 0 bridgehead atoms. The predicted octanol–water partition coefficient (Wildman–Crippen LogP) is 5.00. The number of hydrogen-bond donors (Lipinski definition) is 1. The van der Waals surface area contributed by atoms with Crippen LogP contribution < -0.4 is 5.32 Å². The van der Waals surface area contributed by atoms with Gasteiger partial charge >= 0.3 is 0 Å². The van der Waals surface area contributed by atoms with Crippen molar-refractivity contribution in [3.8, 4) is 11.3 Å². The number of hydrogen-bond acceptors (Lipinski definition) is 5. The summed E-state index contributed by atoms with van der Waals surface area (Å²) in [5.74, 6) is -0.423. The van der Waals surface area contributed by atoms with Crippen LogP contribution in [0.15, 0.2) is 65.1 Å². The Morgan fingerprint density at radius 3 is 2.53 bits per heavy atom. The zero-order valence-electron chi connectivity index (χ0n) is 17.4. The summed E-state index contributed by atoms with van der Waals surface area (Å²) in [6.07, 6.45) is 3.90. The van der Waals surface area contributed by atoms with Crippen LogP contribution in [-0.4, -0.2) is 41.1 Å². The second-order valence-electron chi connectivity index (χ2n) is 6.98. The van der Waals surface area contributed by atoms with E-state index in [1.807, 2.05) is 34.3 Å². The number of amides is 1. The highest BCUT2D eigenvalue weighted by Gasteiger charge is 2.25. The fourth-order valence-corrected chi connectivity index (χ4v) is 6.00. The summed E-state index contributed by atoms with van der Waals surface area (Å²) in [6, 6.07) is 11.6. The van der Waals surface area contributed by atoms with Crippen LogP contribution in [0, 0.1) is 0 Å². The van der Waals surface area contributed by atoms with E-state index in [0.717, 1.165) is 16.2 Å². The topological polar surface area (TPSA) is 83.8 Å². The number of fused-ring (bicyclic) bond motifs is 1. The molecule has 7 nitrogen and oxygen atoms in total. The maximum absolute atomic E-state index is 12.9. The molecule has 2 aromatic heterocycles. The summed E-state index contributed by atoms with van der Waals surface area (Å²) in [5.41, 5.74) is 2.57. The van der Waals surface area contributed by atoms with Crippen LogP contribution in [0.5, 0.6) is 0 Å². The Labute approximate surface area is 195 Å². The number of carbonyl (C=O) groups is 1. The Morgan fingerprint density at radius 1 is 1.16 bits per heavy atom. The number of thiazole rings is 1. The van der Waals surface area contributed by atoms with Crippen LogP contribution in [0.25, 0.3) is 16.2 Å². The molecule has 0 aliphatic heterocycles. The lowest BCUT2D eigenvalue weighted by atomic mass is 10.1. The standard InChI is InChI=1S/C22H21ClN4O3S2/c1-3-27(4-2)32(29,30)20-13-16(7-10-18(20)23)21(28)24-17-8-5-15(6-9-17)19-14-26-11-12-31-22(26)25-19/h5-14H,3-4H2,1-2H3,(H,24,28). The Kier molecular flexibility index (Phi) is 6.34. The van der Waals surface area contributed by atoms with Gasteiger partial charge in [0.05, 0.1) is 10.7 Å². The number of rotatable bonds is 7. The van der Waals surface area contributed by atoms with E-state index in [0.29, 0.717) is 18.8 Å². The van der Waals surface area contributed by atoms with Crippen molar-refractivity contribution in [3.05, 3.63) is 70.8 Å². The fourth-order valence-electron chi connectivity index (χ4n) is 3.34. The van der Waals surface area contributed by atoms with Gasteiger partial charge in [0.25, 0.3) is 5.91 Å². The van der Waals surface area contributed by atoms with Gasteiger partial charge in [0, 0.05) is 47.7 Å². The molecule has 0 fully saturated rings. The number of anilines is 1. The first-order valence-corrected chi connectivity index (χ1v) is 12.7. The van der Waals surface area contributed by atoms with E-state index in [-0.39, 0.29) is 15.5 Å². The smallest absolute Gasteiger partial charge is 0.255 e. The first-order chi connectivity index (χ1) is 15.3. The molecule has 0 saturated heterocycles. The van der Waals surface area contributed by atoms with Crippen molar-refractivity contribution in [3.63, 3.8) is 0 Å². The Bertz CT molecular complexity index is 1350. The minimum atomic E-state index is -3.79. The van der Waals surface area contributed by atoms with Gasteiger partial charge in [-0.1, -0.05) is 37.6 Å². The third kappa shape index (κ3) is 4.29. The Hall–Kier alpha value is -2.72. The SMILES string of the molecule is CCN(CC)S(=O)(=O)c1cc(C(=O)Nc2ccc(-c3cn4ccsc4n3)cc2)ccc1Cl. The first kappa shape index (κ1) is 22.5. The average Bonchev–Trinajstić information content (AvgIpc) is 3.37. The molecule has 0 unspecified atom stereocenters.